The molecule has 1 aromatic carbocycles. The summed E-state index contributed by atoms with van der Waals surface area (Å²) in [5.74, 6) is 0.185. The number of piperidine rings is 3. The molecule has 2 bridgehead atoms. The first-order valence-corrected chi connectivity index (χ1v) is 6.14. The number of hydrogen-bond acceptors (Lipinski definition) is 2. The molecule has 3 saturated heterocycles. The van der Waals surface area contributed by atoms with E-state index in [-0.39, 0.29) is 11.9 Å². The van der Waals surface area contributed by atoms with Gasteiger partial charge in [-0.25, -0.2) is 4.39 Å². The van der Waals surface area contributed by atoms with Crippen molar-refractivity contribution in [3.05, 3.63) is 41.3 Å². The SMILES string of the molecule is O[C@H]1/C(=C/c2ccc(F)cc2)N2CCC1CC2. The van der Waals surface area contributed by atoms with Gasteiger partial charge in [0.1, 0.15) is 5.82 Å². The van der Waals surface area contributed by atoms with E-state index in [4.69, 9.17) is 0 Å². The van der Waals surface area contributed by atoms with E-state index in [0.717, 1.165) is 37.2 Å². The molecule has 1 atom stereocenters. The smallest absolute Gasteiger partial charge is 0.123 e. The average molecular weight is 233 g/mol. The highest BCUT2D eigenvalue weighted by Gasteiger charge is 2.36. The van der Waals surface area contributed by atoms with Crippen molar-refractivity contribution in [3.8, 4) is 0 Å². The van der Waals surface area contributed by atoms with Gasteiger partial charge in [-0.3, -0.25) is 0 Å². The number of benzene rings is 1. The maximum atomic E-state index is 12.8. The summed E-state index contributed by atoms with van der Waals surface area (Å²) < 4.78 is 12.8. The lowest BCUT2D eigenvalue weighted by atomic mass is 9.83. The second kappa shape index (κ2) is 4.15. The highest BCUT2D eigenvalue weighted by atomic mass is 19.1. The summed E-state index contributed by atoms with van der Waals surface area (Å²) in [6.45, 7) is 2.07. The summed E-state index contributed by atoms with van der Waals surface area (Å²) in [6.07, 6.45) is 3.81. The Morgan fingerprint density at radius 2 is 1.82 bits per heavy atom. The summed E-state index contributed by atoms with van der Waals surface area (Å²) in [5.41, 5.74) is 1.95. The molecular formula is C14H16FNO. The lowest BCUT2D eigenvalue weighted by Crippen LogP contribution is -2.48. The molecule has 1 aromatic rings. The standard InChI is InChI=1S/C14H16FNO/c15-12-3-1-10(2-4-12)9-13-14(17)11-5-7-16(13)8-6-11/h1-4,9,11,14,17H,5-8H2/b13-9-/t14-/m1/s1. The monoisotopic (exact) mass is 233 g/mol. The molecule has 0 aromatic heterocycles. The molecule has 3 heteroatoms. The van der Waals surface area contributed by atoms with Crippen molar-refractivity contribution in [2.24, 2.45) is 5.92 Å². The van der Waals surface area contributed by atoms with Gasteiger partial charge in [-0.05, 0) is 42.5 Å². The quantitative estimate of drug-likeness (QED) is 0.804. The molecule has 0 radical (unpaired) electrons. The average Bonchev–Trinajstić information content (AvgIpc) is 2.37. The zero-order chi connectivity index (χ0) is 11.8. The Bertz CT molecular complexity index is 428. The second-order valence-electron chi connectivity index (χ2n) is 4.89. The maximum Gasteiger partial charge on any atom is 0.123 e. The van der Waals surface area contributed by atoms with E-state index < -0.39 is 0 Å². The van der Waals surface area contributed by atoms with Crippen molar-refractivity contribution in [2.45, 2.75) is 18.9 Å². The fourth-order valence-corrected chi connectivity index (χ4v) is 2.81. The van der Waals surface area contributed by atoms with Crippen LogP contribution in [-0.4, -0.2) is 29.2 Å². The molecule has 1 N–H and O–H groups in total. The van der Waals surface area contributed by atoms with Gasteiger partial charge in [0, 0.05) is 18.8 Å². The van der Waals surface area contributed by atoms with E-state index in [1.54, 1.807) is 12.1 Å². The van der Waals surface area contributed by atoms with Crippen molar-refractivity contribution in [3.63, 3.8) is 0 Å². The Balaban J connectivity index is 1.90. The van der Waals surface area contributed by atoms with E-state index in [2.05, 4.69) is 4.90 Å². The van der Waals surface area contributed by atoms with Gasteiger partial charge in [-0.2, -0.15) is 0 Å². The highest BCUT2D eigenvalue weighted by Crippen LogP contribution is 2.35. The maximum absolute atomic E-state index is 12.8. The van der Waals surface area contributed by atoms with Gasteiger partial charge in [-0.1, -0.05) is 12.1 Å². The molecule has 3 fully saturated rings. The summed E-state index contributed by atoms with van der Waals surface area (Å²) in [5, 5.41) is 10.2. The van der Waals surface area contributed by atoms with Gasteiger partial charge in [0.25, 0.3) is 0 Å². The number of halogens is 1. The molecule has 2 nitrogen and oxygen atoms in total. The van der Waals surface area contributed by atoms with Crippen molar-refractivity contribution >= 4 is 6.08 Å². The number of rotatable bonds is 1. The van der Waals surface area contributed by atoms with Crippen LogP contribution < -0.4 is 0 Å². The number of fused-ring (bicyclic) bond motifs is 3. The fraction of sp³-hybridized carbons (Fsp3) is 0.429. The molecular weight excluding hydrogens is 217 g/mol. The summed E-state index contributed by atoms with van der Waals surface area (Å²) >= 11 is 0. The summed E-state index contributed by atoms with van der Waals surface area (Å²) in [7, 11) is 0. The molecule has 0 spiro atoms. The topological polar surface area (TPSA) is 23.5 Å². The molecule has 4 rings (SSSR count). The molecule has 0 unspecified atom stereocenters. The van der Waals surface area contributed by atoms with Crippen molar-refractivity contribution in [1.29, 1.82) is 0 Å². The molecule has 0 amide bonds. The molecule has 3 aliphatic rings. The predicted octanol–water partition coefficient (Wildman–Crippen LogP) is 2.25. The predicted molar refractivity (Wildman–Crippen MR) is 64.7 cm³/mol. The van der Waals surface area contributed by atoms with Crippen LogP contribution in [0.2, 0.25) is 0 Å². The molecule has 3 aliphatic heterocycles. The number of aliphatic hydroxyl groups excluding tert-OH is 1. The summed E-state index contributed by atoms with van der Waals surface area (Å²) in [4.78, 5) is 2.24. The van der Waals surface area contributed by atoms with E-state index >= 15 is 0 Å². The normalized spacial score (nSPS) is 30.0. The van der Waals surface area contributed by atoms with Gasteiger partial charge >= 0.3 is 0 Å². The first-order valence-electron chi connectivity index (χ1n) is 6.14. The van der Waals surface area contributed by atoms with Gasteiger partial charge in [0.15, 0.2) is 0 Å². The minimum atomic E-state index is -0.345. The fourth-order valence-electron chi connectivity index (χ4n) is 2.81. The third kappa shape index (κ3) is 1.95. The van der Waals surface area contributed by atoms with Gasteiger partial charge in [0.05, 0.1) is 6.10 Å². The van der Waals surface area contributed by atoms with E-state index in [1.165, 1.54) is 12.1 Å². The molecule has 0 saturated carbocycles. The Labute approximate surface area is 100 Å². The minimum Gasteiger partial charge on any atom is -0.387 e. The van der Waals surface area contributed by atoms with Crippen molar-refractivity contribution in [1.82, 2.24) is 4.90 Å². The molecule has 90 valence electrons. The Morgan fingerprint density at radius 1 is 1.18 bits per heavy atom. The van der Waals surface area contributed by atoms with Crippen LogP contribution in [-0.2, 0) is 0 Å². The van der Waals surface area contributed by atoms with Crippen LogP contribution in [0.15, 0.2) is 30.0 Å². The Morgan fingerprint density at radius 3 is 2.41 bits per heavy atom. The van der Waals surface area contributed by atoms with Crippen LogP contribution in [0.3, 0.4) is 0 Å². The molecule has 0 aliphatic carbocycles. The van der Waals surface area contributed by atoms with Crippen LogP contribution in [0.5, 0.6) is 0 Å². The zero-order valence-electron chi connectivity index (χ0n) is 9.64. The first kappa shape index (κ1) is 10.8. The second-order valence-corrected chi connectivity index (χ2v) is 4.89. The van der Waals surface area contributed by atoms with Crippen LogP contribution in [0.1, 0.15) is 18.4 Å². The summed E-state index contributed by atoms with van der Waals surface area (Å²) in [6, 6.07) is 6.40. The van der Waals surface area contributed by atoms with Crippen molar-refractivity contribution < 1.29 is 9.50 Å². The van der Waals surface area contributed by atoms with E-state index in [1.807, 2.05) is 6.08 Å². The lowest BCUT2D eigenvalue weighted by molar-refractivity contribution is 0.0215. The lowest BCUT2D eigenvalue weighted by Gasteiger charge is -2.45. The zero-order valence-corrected chi connectivity index (χ0v) is 9.64. The van der Waals surface area contributed by atoms with E-state index in [0.29, 0.717) is 5.92 Å². The van der Waals surface area contributed by atoms with Gasteiger partial charge in [0.2, 0.25) is 0 Å². The Kier molecular flexibility index (Phi) is 2.63. The van der Waals surface area contributed by atoms with Crippen LogP contribution in [0.25, 0.3) is 6.08 Å². The van der Waals surface area contributed by atoms with Gasteiger partial charge < -0.3 is 10.0 Å². The van der Waals surface area contributed by atoms with Crippen LogP contribution >= 0.6 is 0 Å². The van der Waals surface area contributed by atoms with Gasteiger partial charge in [-0.15, -0.1) is 0 Å². The third-order valence-corrected chi connectivity index (χ3v) is 3.84. The largest absolute Gasteiger partial charge is 0.387 e. The number of aliphatic hydroxyl groups is 1. The minimum absolute atomic E-state index is 0.224. The molecule has 3 heterocycles. The highest BCUT2D eigenvalue weighted by molar-refractivity contribution is 5.54. The Hall–Kier alpha value is -1.35. The third-order valence-electron chi connectivity index (χ3n) is 3.84. The van der Waals surface area contributed by atoms with Crippen LogP contribution in [0, 0.1) is 11.7 Å². The van der Waals surface area contributed by atoms with Crippen molar-refractivity contribution in [2.75, 3.05) is 13.1 Å². The number of nitrogens with zero attached hydrogens (tertiary/aromatic N) is 1. The molecule has 17 heavy (non-hydrogen) atoms. The van der Waals surface area contributed by atoms with E-state index in [9.17, 15) is 9.50 Å². The number of hydrogen-bond donors (Lipinski definition) is 1. The van der Waals surface area contributed by atoms with Crippen LogP contribution in [0.4, 0.5) is 4.39 Å². The first-order chi connectivity index (χ1) is 8.24.